The molecule has 0 N–H and O–H groups in total. The molecule has 1 fully saturated rings. The number of rotatable bonds is 3. The Balaban J connectivity index is 1.95. The van der Waals surface area contributed by atoms with E-state index in [9.17, 15) is 13.2 Å². The molecule has 0 aliphatic carbocycles. The molecule has 132 valence electrons. The van der Waals surface area contributed by atoms with Crippen LogP contribution in [0.2, 0.25) is 0 Å². The number of hydrogen-bond donors (Lipinski definition) is 0. The van der Waals surface area contributed by atoms with Gasteiger partial charge in [0, 0.05) is 30.7 Å². The third-order valence-electron chi connectivity index (χ3n) is 5.19. The van der Waals surface area contributed by atoms with Crippen LogP contribution in [0.15, 0.2) is 23.1 Å². The van der Waals surface area contributed by atoms with Crippen molar-refractivity contribution >= 4 is 21.6 Å². The van der Waals surface area contributed by atoms with Crippen LogP contribution < -0.4 is 4.90 Å². The molecule has 2 atom stereocenters. The van der Waals surface area contributed by atoms with Gasteiger partial charge in [0.25, 0.3) is 0 Å². The molecule has 0 bridgehead atoms. The maximum Gasteiger partial charge on any atom is 0.243 e. The van der Waals surface area contributed by atoms with E-state index in [0.29, 0.717) is 24.3 Å². The van der Waals surface area contributed by atoms with E-state index < -0.39 is 10.0 Å². The molecule has 2 heterocycles. The lowest BCUT2D eigenvalue weighted by molar-refractivity contribution is -0.118. The summed E-state index contributed by atoms with van der Waals surface area (Å²) in [7, 11) is -3.46. The Morgan fingerprint density at radius 3 is 2.62 bits per heavy atom. The first-order valence-corrected chi connectivity index (χ1v) is 10.3. The predicted octanol–water partition coefficient (Wildman–Crippen LogP) is 2.94. The average molecular weight is 350 g/mol. The topological polar surface area (TPSA) is 57.7 Å². The van der Waals surface area contributed by atoms with Crippen LogP contribution in [0, 0.1) is 0 Å². The fourth-order valence-electron chi connectivity index (χ4n) is 3.88. The first kappa shape index (κ1) is 17.4. The van der Waals surface area contributed by atoms with E-state index in [0.717, 1.165) is 30.5 Å². The van der Waals surface area contributed by atoms with Gasteiger partial charge in [0.05, 0.1) is 4.90 Å². The first-order chi connectivity index (χ1) is 11.4. The largest absolute Gasteiger partial charge is 0.309 e. The maximum atomic E-state index is 13.0. The molecule has 2 aliphatic rings. The van der Waals surface area contributed by atoms with Gasteiger partial charge in [-0.05, 0) is 56.9 Å². The Morgan fingerprint density at radius 1 is 1.21 bits per heavy atom. The van der Waals surface area contributed by atoms with Crippen LogP contribution >= 0.6 is 0 Å². The van der Waals surface area contributed by atoms with Crippen molar-refractivity contribution in [3.63, 3.8) is 0 Å². The van der Waals surface area contributed by atoms with Crippen LogP contribution in [0.4, 0.5) is 5.69 Å². The second kappa shape index (κ2) is 6.48. The van der Waals surface area contributed by atoms with Crippen molar-refractivity contribution in [1.29, 1.82) is 0 Å². The summed E-state index contributed by atoms with van der Waals surface area (Å²) in [5.74, 6) is 0.0847. The highest BCUT2D eigenvalue weighted by atomic mass is 32.2. The Labute approximate surface area is 144 Å². The molecule has 0 spiro atoms. The lowest BCUT2D eigenvalue weighted by atomic mass is 10.1. The van der Waals surface area contributed by atoms with Gasteiger partial charge in [-0.1, -0.05) is 13.3 Å². The van der Waals surface area contributed by atoms with Crippen molar-refractivity contribution < 1.29 is 13.2 Å². The zero-order chi connectivity index (χ0) is 17.5. The number of sulfonamides is 1. The Bertz CT molecular complexity index is 745. The molecule has 0 radical (unpaired) electrons. The summed E-state index contributed by atoms with van der Waals surface area (Å²) >= 11 is 0. The van der Waals surface area contributed by atoms with Crippen molar-refractivity contribution in [2.45, 2.75) is 69.9 Å². The van der Waals surface area contributed by atoms with Crippen LogP contribution in [0.25, 0.3) is 0 Å². The summed E-state index contributed by atoms with van der Waals surface area (Å²) in [6.45, 7) is 6.43. The summed E-state index contributed by atoms with van der Waals surface area (Å²) in [5, 5.41) is 0. The molecule has 24 heavy (non-hydrogen) atoms. The van der Waals surface area contributed by atoms with Crippen LogP contribution in [0.5, 0.6) is 0 Å². The third-order valence-corrected chi connectivity index (χ3v) is 7.20. The second-order valence-corrected chi connectivity index (χ2v) is 8.81. The smallest absolute Gasteiger partial charge is 0.243 e. The summed E-state index contributed by atoms with van der Waals surface area (Å²) < 4.78 is 27.6. The Kier molecular flexibility index (Phi) is 4.71. The molecule has 6 heteroatoms. The normalized spacial score (nSPS) is 24.9. The first-order valence-electron chi connectivity index (χ1n) is 8.83. The summed E-state index contributed by atoms with van der Waals surface area (Å²) in [6.07, 6.45) is 4.09. The fraction of sp³-hybridized carbons (Fsp3) is 0.611. The van der Waals surface area contributed by atoms with E-state index in [2.05, 4.69) is 0 Å². The van der Waals surface area contributed by atoms with E-state index in [1.54, 1.807) is 27.4 Å². The van der Waals surface area contributed by atoms with E-state index >= 15 is 0 Å². The van der Waals surface area contributed by atoms with Crippen LogP contribution in [0.1, 0.15) is 52.0 Å². The van der Waals surface area contributed by atoms with Crippen molar-refractivity contribution in [2.24, 2.45) is 0 Å². The number of hydrogen-bond acceptors (Lipinski definition) is 3. The molecule has 3 rings (SSSR count). The lowest BCUT2D eigenvalue weighted by Crippen LogP contribution is -2.41. The van der Waals surface area contributed by atoms with Gasteiger partial charge >= 0.3 is 0 Å². The average Bonchev–Trinajstić information content (AvgIpc) is 2.89. The minimum Gasteiger partial charge on any atom is -0.309 e. The highest BCUT2D eigenvalue weighted by Gasteiger charge is 2.34. The van der Waals surface area contributed by atoms with E-state index in [1.807, 2.05) is 20.8 Å². The molecule has 1 saturated heterocycles. The van der Waals surface area contributed by atoms with Gasteiger partial charge in [-0.15, -0.1) is 0 Å². The third kappa shape index (κ3) is 2.86. The molecule has 1 aromatic carbocycles. The van der Waals surface area contributed by atoms with E-state index in [-0.39, 0.29) is 18.0 Å². The number of carbonyl (C=O) groups is 1. The molecule has 5 nitrogen and oxygen atoms in total. The minimum atomic E-state index is -3.46. The number of piperidine rings is 1. The number of anilines is 1. The van der Waals surface area contributed by atoms with Gasteiger partial charge in [0.15, 0.2) is 0 Å². The van der Waals surface area contributed by atoms with Crippen molar-refractivity contribution in [2.75, 3.05) is 11.4 Å². The highest BCUT2D eigenvalue weighted by molar-refractivity contribution is 7.89. The molecule has 2 aliphatic heterocycles. The molecule has 1 amide bonds. The quantitative estimate of drug-likeness (QED) is 0.842. The second-order valence-electron chi connectivity index (χ2n) is 6.92. The number of benzene rings is 1. The van der Waals surface area contributed by atoms with E-state index in [4.69, 9.17) is 0 Å². The van der Waals surface area contributed by atoms with Gasteiger partial charge in [-0.3, -0.25) is 4.79 Å². The molecule has 0 saturated carbocycles. The van der Waals surface area contributed by atoms with Gasteiger partial charge < -0.3 is 4.90 Å². The number of nitrogens with zero attached hydrogens (tertiary/aromatic N) is 2. The number of fused-ring (bicyclic) bond motifs is 1. The van der Waals surface area contributed by atoms with Crippen molar-refractivity contribution in [3.8, 4) is 0 Å². The predicted molar refractivity (Wildman–Crippen MR) is 94.6 cm³/mol. The van der Waals surface area contributed by atoms with Crippen LogP contribution in [-0.4, -0.2) is 37.3 Å². The van der Waals surface area contributed by atoms with Gasteiger partial charge in [-0.25, -0.2) is 8.42 Å². The summed E-state index contributed by atoms with van der Waals surface area (Å²) in [4.78, 5) is 14.3. The lowest BCUT2D eigenvalue weighted by Gasteiger charge is -2.32. The van der Waals surface area contributed by atoms with Crippen molar-refractivity contribution in [1.82, 2.24) is 4.31 Å². The SMILES string of the molecule is CCC(=O)N1c2ccc(S(=O)(=O)N3CCCCC3C)cc2CC1C. The monoisotopic (exact) mass is 350 g/mol. The molecule has 0 aromatic heterocycles. The van der Waals surface area contributed by atoms with E-state index in [1.165, 1.54) is 0 Å². The summed E-state index contributed by atoms with van der Waals surface area (Å²) in [5.41, 5.74) is 1.81. The zero-order valence-corrected chi connectivity index (χ0v) is 15.5. The zero-order valence-electron chi connectivity index (χ0n) is 14.7. The van der Waals surface area contributed by atoms with Gasteiger partial charge in [0.1, 0.15) is 0 Å². The number of amides is 1. The van der Waals surface area contributed by atoms with Gasteiger partial charge in [0.2, 0.25) is 15.9 Å². The molecule has 2 unspecified atom stereocenters. The molecular formula is C18H26N2O3S. The minimum absolute atomic E-state index is 0.0501. The van der Waals surface area contributed by atoms with Gasteiger partial charge in [-0.2, -0.15) is 4.31 Å². The van der Waals surface area contributed by atoms with Crippen molar-refractivity contribution in [3.05, 3.63) is 23.8 Å². The molecule has 1 aromatic rings. The highest BCUT2D eigenvalue weighted by Crippen LogP contribution is 2.35. The Hall–Kier alpha value is -1.40. The Morgan fingerprint density at radius 2 is 1.96 bits per heavy atom. The number of carbonyl (C=O) groups excluding carboxylic acids is 1. The fourth-order valence-corrected chi connectivity index (χ4v) is 5.63. The standard InChI is InChI=1S/C18H26N2O3S/c1-4-18(21)20-14(3)11-15-12-16(8-9-17(15)20)24(22,23)19-10-6-5-7-13(19)2/h8-9,12-14H,4-7,10-11H2,1-3H3. The van der Waals surface area contributed by atoms with Crippen LogP contribution in [-0.2, 0) is 21.2 Å². The maximum absolute atomic E-state index is 13.0. The summed E-state index contributed by atoms with van der Waals surface area (Å²) in [6, 6.07) is 5.36. The van der Waals surface area contributed by atoms with Crippen LogP contribution in [0.3, 0.4) is 0 Å². The molecular weight excluding hydrogens is 324 g/mol.